The number of isocyanates is 1. The fourth-order valence-electron chi connectivity index (χ4n) is 1.18. The smallest absolute Gasteiger partial charge is 0.263 e. The standard InChI is InChI=1S/C10H9F2NO2/c1-15-9-3-2-7(10(11)12)4-8(9)5-13-6-14/h2-4,10H,5H2,1H3. The van der Waals surface area contributed by atoms with Crippen molar-refractivity contribution in [2.45, 2.75) is 13.0 Å². The number of halogens is 2. The van der Waals surface area contributed by atoms with E-state index in [2.05, 4.69) is 4.99 Å². The first-order valence-electron chi connectivity index (χ1n) is 4.17. The zero-order valence-electron chi connectivity index (χ0n) is 8.04. The Labute approximate surface area is 85.4 Å². The lowest BCUT2D eigenvalue weighted by molar-refractivity contribution is 0.151. The summed E-state index contributed by atoms with van der Waals surface area (Å²) in [5, 5.41) is 0. The lowest BCUT2D eigenvalue weighted by Crippen LogP contribution is -1.94. The molecule has 0 aliphatic rings. The number of aliphatic imine (C=N–C) groups is 1. The van der Waals surface area contributed by atoms with E-state index in [4.69, 9.17) is 4.74 Å². The minimum Gasteiger partial charge on any atom is -0.496 e. The van der Waals surface area contributed by atoms with Crippen LogP contribution in [0.25, 0.3) is 0 Å². The first-order valence-corrected chi connectivity index (χ1v) is 4.17. The highest BCUT2D eigenvalue weighted by Crippen LogP contribution is 2.26. The van der Waals surface area contributed by atoms with Crippen LogP contribution in [0, 0.1) is 0 Å². The van der Waals surface area contributed by atoms with Crippen LogP contribution in [0.2, 0.25) is 0 Å². The lowest BCUT2D eigenvalue weighted by Gasteiger charge is -2.07. The van der Waals surface area contributed by atoms with E-state index in [1.54, 1.807) is 0 Å². The van der Waals surface area contributed by atoms with E-state index in [1.165, 1.54) is 31.4 Å². The Bertz CT molecular complexity index is 387. The molecule has 0 spiro atoms. The first-order chi connectivity index (χ1) is 7.19. The highest BCUT2D eigenvalue weighted by atomic mass is 19.3. The predicted octanol–water partition coefficient (Wildman–Crippen LogP) is 2.47. The van der Waals surface area contributed by atoms with Crippen molar-refractivity contribution in [3.8, 4) is 5.75 Å². The third-order valence-corrected chi connectivity index (χ3v) is 1.87. The Balaban J connectivity index is 3.06. The summed E-state index contributed by atoms with van der Waals surface area (Å²) in [6.07, 6.45) is -1.20. The Morgan fingerprint density at radius 1 is 1.53 bits per heavy atom. The summed E-state index contributed by atoms with van der Waals surface area (Å²) in [6, 6.07) is 3.97. The molecular weight excluding hydrogens is 204 g/mol. The number of hydrogen-bond acceptors (Lipinski definition) is 3. The molecular formula is C10H9F2NO2. The number of hydrogen-bond donors (Lipinski definition) is 0. The van der Waals surface area contributed by atoms with Crippen LogP contribution in [0.5, 0.6) is 5.75 Å². The molecule has 1 aromatic rings. The molecule has 0 fully saturated rings. The summed E-state index contributed by atoms with van der Waals surface area (Å²) in [6.45, 7) is -0.00671. The summed E-state index contributed by atoms with van der Waals surface area (Å²) in [5.74, 6) is 0.429. The zero-order valence-corrected chi connectivity index (χ0v) is 8.04. The topological polar surface area (TPSA) is 38.7 Å². The monoisotopic (exact) mass is 213 g/mol. The van der Waals surface area contributed by atoms with E-state index < -0.39 is 6.43 Å². The lowest BCUT2D eigenvalue weighted by atomic mass is 10.1. The third-order valence-electron chi connectivity index (χ3n) is 1.87. The highest BCUT2D eigenvalue weighted by molar-refractivity contribution is 5.40. The van der Waals surface area contributed by atoms with Gasteiger partial charge >= 0.3 is 0 Å². The molecule has 0 atom stereocenters. The fourth-order valence-corrected chi connectivity index (χ4v) is 1.18. The Morgan fingerprint density at radius 3 is 2.80 bits per heavy atom. The van der Waals surface area contributed by atoms with E-state index in [-0.39, 0.29) is 12.1 Å². The van der Waals surface area contributed by atoms with Gasteiger partial charge in [0.2, 0.25) is 6.08 Å². The molecule has 3 nitrogen and oxygen atoms in total. The van der Waals surface area contributed by atoms with Gasteiger partial charge in [-0.15, -0.1) is 0 Å². The van der Waals surface area contributed by atoms with Gasteiger partial charge in [-0.05, 0) is 18.2 Å². The van der Waals surface area contributed by atoms with Gasteiger partial charge in [-0.25, -0.2) is 18.6 Å². The van der Waals surface area contributed by atoms with E-state index in [9.17, 15) is 13.6 Å². The van der Waals surface area contributed by atoms with E-state index in [0.717, 1.165) is 0 Å². The molecule has 0 N–H and O–H groups in total. The van der Waals surface area contributed by atoms with Crippen molar-refractivity contribution >= 4 is 6.08 Å². The SMILES string of the molecule is COc1ccc(C(F)F)cc1CN=C=O. The van der Waals surface area contributed by atoms with E-state index >= 15 is 0 Å². The van der Waals surface area contributed by atoms with Crippen LogP contribution in [0.1, 0.15) is 17.6 Å². The number of benzene rings is 1. The minimum absolute atomic E-state index is 0.00671. The molecule has 0 aliphatic heterocycles. The molecule has 0 radical (unpaired) electrons. The van der Waals surface area contributed by atoms with Crippen LogP contribution in [-0.4, -0.2) is 13.2 Å². The molecule has 0 saturated heterocycles. The van der Waals surface area contributed by atoms with Gasteiger partial charge in [0.25, 0.3) is 6.43 Å². The van der Waals surface area contributed by atoms with Crippen molar-refractivity contribution in [3.63, 3.8) is 0 Å². The molecule has 5 heteroatoms. The van der Waals surface area contributed by atoms with Gasteiger partial charge in [0.15, 0.2) is 0 Å². The second-order valence-electron chi connectivity index (χ2n) is 2.78. The summed E-state index contributed by atoms with van der Waals surface area (Å²) in [5.41, 5.74) is 0.325. The molecule has 0 unspecified atom stereocenters. The van der Waals surface area contributed by atoms with Gasteiger partial charge in [-0.2, -0.15) is 0 Å². The zero-order chi connectivity index (χ0) is 11.3. The number of methoxy groups -OCH3 is 1. The molecule has 0 aromatic heterocycles. The second kappa shape index (κ2) is 5.22. The van der Waals surface area contributed by atoms with E-state index in [0.29, 0.717) is 11.3 Å². The quantitative estimate of drug-likeness (QED) is 0.569. The molecule has 0 aliphatic carbocycles. The molecule has 0 heterocycles. The summed E-state index contributed by atoms with van der Waals surface area (Å²) in [7, 11) is 1.42. The predicted molar refractivity (Wildman–Crippen MR) is 49.8 cm³/mol. The average Bonchev–Trinajstić information content (AvgIpc) is 2.25. The molecule has 15 heavy (non-hydrogen) atoms. The number of nitrogens with zero attached hydrogens (tertiary/aromatic N) is 1. The third kappa shape index (κ3) is 2.86. The first kappa shape index (κ1) is 11.3. The van der Waals surface area contributed by atoms with Crippen LogP contribution < -0.4 is 4.74 Å². The number of carbonyl (C=O) groups excluding carboxylic acids is 1. The van der Waals surface area contributed by atoms with Crippen LogP contribution in [0.4, 0.5) is 8.78 Å². The number of rotatable bonds is 4. The highest BCUT2D eigenvalue weighted by Gasteiger charge is 2.10. The molecule has 80 valence electrons. The van der Waals surface area contributed by atoms with Crippen molar-refractivity contribution in [1.82, 2.24) is 0 Å². The molecule has 0 amide bonds. The largest absolute Gasteiger partial charge is 0.496 e. The fraction of sp³-hybridized carbons (Fsp3) is 0.300. The normalized spacial score (nSPS) is 9.87. The van der Waals surface area contributed by atoms with Gasteiger partial charge in [0.1, 0.15) is 5.75 Å². The molecule has 1 rings (SSSR count). The number of alkyl halides is 2. The Kier molecular flexibility index (Phi) is 3.94. The van der Waals surface area contributed by atoms with Crippen molar-refractivity contribution in [2.75, 3.05) is 7.11 Å². The van der Waals surface area contributed by atoms with Crippen molar-refractivity contribution in [3.05, 3.63) is 29.3 Å². The van der Waals surface area contributed by atoms with Crippen LogP contribution in [0.15, 0.2) is 23.2 Å². The van der Waals surface area contributed by atoms with Crippen molar-refractivity contribution in [1.29, 1.82) is 0 Å². The summed E-state index contributed by atoms with van der Waals surface area (Å²) >= 11 is 0. The van der Waals surface area contributed by atoms with Gasteiger partial charge < -0.3 is 4.74 Å². The van der Waals surface area contributed by atoms with Gasteiger partial charge in [0, 0.05) is 11.1 Å². The molecule has 1 aromatic carbocycles. The van der Waals surface area contributed by atoms with Crippen LogP contribution in [0.3, 0.4) is 0 Å². The van der Waals surface area contributed by atoms with Crippen molar-refractivity contribution in [2.24, 2.45) is 4.99 Å². The van der Waals surface area contributed by atoms with Crippen LogP contribution in [-0.2, 0) is 11.3 Å². The molecule has 0 saturated carbocycles. The maximum atomic E-state index is 12.4. The molecule has 0 bridgehead atoms. The summed E-state index contributed by atoms with van der Waals surface area (Å²) < 4.78 is 29.7. The summed E-state index contributed by atoms with van der Waals surface area (Å²) in [4.78, 5) is 13.2. The Morgan fingerprint density at radius 2 is 2.27 bits per heavy atom. The average molecular weight is 213 g/mol. The minimum atomic E-state index is -2.55. The van der Waals surface area contributed by atoms with Gasteiger partial charge in [-0.1, -0.05) is 0 Å². The van der Waals surface area contributed by atoms with E-state index in [1.807, 2.05) is 0 Å². The van der Waals surface area contributed by atoms with Crippen molar-refractivity contribution < 1.29 is 18.3 Å². The maximum absolute atomic E-state index is 12.4. The van der Waals surface area contributed by atoms with Gasteiger partial charge in [0.05, 0.1) is 13.7 Å². The van der Waals surface area contributed by atoms with Crippen LogP contribution >= 0.6 is 0 Å². The second-order valence-corrected chi connectivity index (χ2v) is 2.78. The number of ether oxygens (including phenoxy) is 1. The maximum Gasteiger partial charge on any atom is 0.263 e. The van der Waals surface area contributed by atoms with Gasteiger partial charge in [-0.3, -0.25) is 0 Å². The Hall–Kier alpha value is -1.74.